The first-order valence-corrected chi connectivity index (χ1v) is 6.48. The second-order valence-electron chi connectivity index (χ2n) is 3.64. The van der Waals surface area contributed by atoms with E-state index in [1.165, 1.54) is 6.42 Å². The third kappa shape index (κ3) is 3.18. The van der Waals surface area contributed by atoms with Gasteiger partial charge in [0.05, 0.1) is 5.69 Å². The molecular weight excluding hydrogens is 206 g/mol. The Balaban J connectivity index is 2.72. The summed E-state index contributed by atoms with van der Waals surface area (Å²) < 4.78 is 0. The van der Waals surface area contributed by atoms with Crippen molar-refractivity contribution in [2.24, 2.45) is 0 Å². The fourth-order valence-electron chi connectivity index (χ4n) is 1.43. The third-order valence-electron chi connectivity index (χ3n) is 2.53. The van der Waals surface area contributed by atoms with Crippen LogP contribution >= 0.6 is 11.3 Å². The molecule has 0 aliphatic carbocycles. The first kappa shape index (κ1) is 12.5. The fraction of sp³-hybridized carbons (Fsp3) is 0.727. The molecule has 0 radical (unpaired) electrons. The van der Waals surface area contributed by atoms with Crippen LogP contribution in [0.2, 0.25) is 0 Å². The zero-order valence-corrected chi connectivity index (χ0v) is 10.9. The molecule has 86 valence electrons. The molecule has 0 spiro atoms. The van der Waals surface area contributed by atoms with Gasteiger partial charge in [0.2, 0.25) is 0 Å². The Bertz CT molecular complexity index is 285. The molecule has 0 aliphatic heterocycles. The molecule has 1 aromatic rings. The standard InChI is InChI=1S/C11H21N3S/c1-5-7-14(6-2)11-13-10(8-15-11)9(3)12-4/h8-9,12H,5-7H2,1-4H3. The first-order chi connectivity index (χ1) is 7.22. The van der Waals surface area contributed by atoms with Crippen molar-refractivity contribution in [1.29, 1.82) is 0 Å². The predicted molar refractivity (Wildman–Crippen MR) is 67.8 cm³/mol. The van der Waals surface area contributed by atoms with Crippen LogP contribution in [0, 0.1) is 0 Å². The molecular formula is C11H21N3S. The Hall–Kier alpha value is -0.610. The van der Waals surface area contributed by atoms with Crippen LogP contribution in [0.3, 0.4) is 0 Å². The van der Waals surface area contributed by atoms with Gasteiger partial charge in [0.15, 0.2) is 5.13 Å². The summed E-state index contributed by atoms with van der Waals surface area (Å²) in [6, 6.07) is 0.343. The molecule has 0 aromatic carbocycles. The summed E-state index contributed by atoms with van der Waals surface area (Å²) in [5, 5.41) is 6.51. The molecule has 1 heterocycles. The van der Waals surface area contributed by atoms with E-state index in [1.807, 2.05) is 7.05 Å². The lowest BCUT2D eigenvalue weighted by atomic mass is 10.3. The second-order valence-corrected chi connectivity index (χ2v) is 4.48. The Morgan fingerprint density at radius 3 is 2.80 bits per heavy atom. The van der Waals surface area contributed by atoms with Gasteiger partial charge in [-0.25, -0.2) is 4.98 Å². The third-order valence-corrected chi connectivity index (χ3v) is 3.45. The quantitative estimate of drug-likeness (QED) is 0.810. The predicted octanol–water partition coefficient (Wildman–Crippen LogP) is 2.66. The van der Waals surface area contributed by atoms with Crippen molar-refractivity contribution in [2.75, 3.05) is 25.0 Å². The highest BCUT2D eigenvalue weighted by atomic mass is 32.1. The van der Waals surface area contributed by atoms with Gasteiger partial charge in [-0.05, 0) is 27.3 Å². The van der Waals surface area contributed by atoms with Crippen molar-refractivity contribution in [3.8, 4) is 0 Å². The molecule has 3 nitrogen and oxygen atoms in total. The number of aromatic nitrogens is 1. The maximum atomic E-state index is 4.65. The van der Waals surface area contributed by atoms with Crippen LogP contribution in [-0.4, -0.2) is 25.1 Å². The van der Waals surface area contributed by atoms with Crippen molar-refractivity contribution < 1.29 is 0 Å². The van der Waals surface area contributed by atoms with Gasteiger partial charge in [0.25, 0.3) is 0 Å². The van der Waals surface area contributed by atoms with E-state index in [2.05, 4.69) is 41.4 Å². The van der Waals surface area contributed by atoms with Gasteiger partial charge in [-0.3, -0.25) is 0 Å². The van der Waals surface area contributed by atoms with E-state index in [0.29, 0.717) is 6.04 Å². The molecule has 0 bridgehead atoms. The normalized spacial score (nSPS) is 12.8. The largest absolute Gasteiger partial charge is 0.348 e. The smallest absolute Gasteiger partial charge is 0.185 e. The van der Waals surface area contributed by atoms with Crippen molar-refractivity contribution >= 4 is 16.5 Å². The van der Waals surface area contributed by atoms with E-state index in [4.69, 9.17) is 0 Å². The summed E-state index contributed by atoms with van der Waals surface area (Å²) in [4.78, 5) is 6.98. The van der Waals surface area contributed by atoms with Crippen LogP contribution in [-0.2, 0) is 0 Å². The number of anilines is 1. The summed E-state index contributed by atoms with van der Waals surface area (Å²) in [5.74, 6) is 0. The summed E-state index contributed by atoms with van der Waals surface area (Å²) in [6.45, 7) is 8.65. The van der Waals surface area contributed by atoms with E-state index < -0.39 is 0 Å². The van der Waals surface area contributed by atoms with Gasteiger partial charge in [0.1, 0.15) is 0 Å². The minimum absolute atomic E-state index is 0.343. The summed E-state index contributed by atoms with van der Waals surface area (Å²) in [7, 11) is 1.97. The molecule has 15 heavy (non-hydrogen) atoms. The number of hydrogen-bond donors (Lipinski definition) is 1. The maximum absolute atomic E-state index is 4.65. The molecule has 0 saturated heterocycles. The number of rotatable bonds is 6. The van der Waals surface area contributed by atoms with Crippen LogP contribution in [0.4, 0.5) is 5.13 Å². The second kappa shape index (κ2) is 6.08. The Morgan fingerprint density at radius 1 is 1.53 bits per heavy atom. The molecule has 0 fully saturated rings. The summed E-state index contributed by atoms with van der Waals surface area (Å²) in [5.41, 5.74) is 1.15. The SMILES string of the molecule is CCCN(CC)c1nc(C(C)NC)cs1. The van der Waals surface area contributed by atoms with Crippen LogP contribution < -0.4 is 10.2 Å². The lowest BCUT2D eigenvalue weighted by Gasteiger charge is -2.18. The average Bonchev–Trinajstić information content (AvgIpc) is 2.73. The molecule has 1 atom stereocenters. The van der Waals surface area contributed by atoms with Crippen molar-refractivity contribution in [2.45, 2.75) is 33.2 Å². The molecule has 0 amide bonds. The van der Waals surface area contributed by atoms with E-state index in [1.54, 1.807) is 11.3 Å². The van der Waals surface area contributed by atoms with Crippen molar-refractivity contribution in [3.63, 3.8) is 0 Å². The molecule has 1 unspecified atom stereocenters. The molecule has 0 saturated carbocycles. The minimum atomic E-state index is 0.343. The summed E-state index contributed by atoms with van der Waals surface area (Å²) in [6.07, 6.45) is 1.17. The van der Waals surface area contributed by atoms with E-state index >= 15 is 0 Å². The van der Waals surface area contributed by atoms with Crippen LogP contribution in [0.1, 0.15) is 38.9 Å². The fourth-order valence-corrected chi connectivity index (χ4v) is 2.44. The number of nitrogens with zero attached hydrogens (tertiary/aromatic N) is 2. The average molecular weight is 227 g/mol. The lowest BCUT2D eigenvalue weighted by Crippen LogP contribution is -2.23. The summed E-state index contributed by atoms with van der Waals surface area (Å²) >= 11 is 1.74. The first-order valence-electron chi connectivity index (χ1n) is 5.60. The zero-order valence-electron chi connectivity index (χ0n) is 10.1. The van der Waals surface area contributed by atoms with E-state index in [0.717, 1.165) is 23.9 Å². The topological polar surface area (TPSA) is 28.2 Å². The Morgan fingerprint density at radius 2 is 2.27 bits per heavy atom. The number of thiazole rings is 1. The molecule has 1 aromatic heterocycles. The Labute approximate surface area is 96.5 Å². The van der Waals surface area contributed by atoms with Crippen molar-refractivity contribution in [3.05, 3.63) is 11.1 Å². The highest BCUT2D eigenvalue weighted by molar-refractivity contribution is 7.13. The zero-order chi connectivity index (χ0) is 11.3. The molecule has 1 N–H and O–H groups in total. The highest BCUT2D eigenvalue weighted by Gasteiger charge is 2.11. The van der Waals surface area contributed by atoms with Gasteiger partial charge in [-0.1, -0.05) is 6.92 Å². The Kier molecular flexibility index (Phi) is 5.05. The van der Waals surface area contributed by atoms with Crippen LogP contribution in [0.25, 0.3) is 0 Å². The number of hydrogen-bond acceptors (Lipinski definition) is 4. The number of nitrogens with one attached hydrogen (secondary N) is 1. The van der Waals surface area contributed by atoms with Crippen LogP contribution in [0.5, 0.6) is 0 Å². The molecule has 4 heteroatoms. The van der Waals surface area contributed by atoms with Gasteiger partial charge in [0, 0.05) is 24.5 Å². The van der Waals surface area contributed by atoms with Gasteiger partial charge < -0.3 is 10.2 Å². The van der Waals surface area contributed by atoms with Gasteiger partial charge >= 0.3 is 0 Å². The lowest BCUT2D eigenvalue weighted by molar-refractivity contribution is 0.635. The molecule has 0 aliphatic rings. The van der Waals surface area contributed by atoms with E-state index in [-0.39, 0.29) is 0 Å². The minimum Gasteiger partial charge on any atom is -0.348 e. The van der Waals surface area contributed by atoms with Gasteiger partial charge in [-0.2, -0.15) is 0 Å². The van der Waals surface area contributed by atoms with Gasteiger partial charge in [-0.15, -0.1) is 11.3 Å². The van der Waals surface area contributed by atoms with E-state index in [9.17, 15) is 0 Å². The highest BCUT2D eigenvalue weighted by Crippen LogP contribution is 2.23. The van der Waals surface area contributed by atoms with Crippen molar-refractivity contribution in [1.82, 2.24) is 10.3 Å². The van der Waals surface area contributed by atoms with Crippen LogP contribution in [0.15, 0.2) is 5.38 Å². The monoisotopic (exact) mass is 227 g/mol. The maximum Gasteiger partial charge on any atom is 0.185 e. The molecule has 1 rings (SSSR count).